The van der Waals surface area contributed by atoms with Crippen molar-refractivity contribution in [3.8, 4) is 11.5 Å². The van der Waals surface area contributed by atoms with Crippen molar-refractivity contribution in [1.29, 1.82) is 0 Å². The highest BCUT2D eigenvalue weighted by Crippen LogP contribution is 2.32. The molecule has 4 rings (SSSR count). The molecule has 1 saturated heterocycles. The Bertz CT molecular complexity index is 807. The number of nitrogens with zero attached hydrogens (tertiary/aromatic N) is 5. The minimum absolute atomic E-state index is 0.0998. The van der Waals surface area contributed by atoms with E-state index in [-0.39, 0.29) is 12.7 Å². The van der Waals surface area contributed by atoms with Crippen LogP contribution in [0.1, 0.15) is 12.5 Å². The minimum Gasteiger partial charge on any atom is -0.454 e. The molecule has 1 fully saturated rings. The van der Waals surface area contributed by atoms with Crippen LogP contribution in [-0.4, -0.2) is 59.0 Å². The van der Waals surface area contributed by atoms with Crippen molar-refractivity contribution < 1.29 is 14.3 Å². The number of nitrogens with one attached hydrogen (secondary N) is 1. The van der Waals surface area contributed by atoms with Crippen molar-refractivity contribution in [3.63, 3.8) is 0 Å². The molecular weight excluding hydrogens is 336 g/mol. The number of ether oxygens (including phenoxy) is 2. The van der Waals surface area contributed by atoms with Crippen molar-refractivity contribution in [2.75, 3.05) is 43.2 Å². The van der Waals surface area contributed by atoms with Gasteiger partial charge in [0.2, 0.25) is 18.6 Å². The summed E-state index contributed by atoms with van der Waals surface area (Å²) in [5.74, 6) is 2.85. The second kappa shape index (κ2) is 7.03. The van der Waals surface area contributed by atoms with Gasteiger partial charge >= 0.3 is 0 Å². The molecule has 26 heavy (non-hydrogen) atoms. The lowest BCUT2D eigenvalue weighted by atomic mass is 10.2. The number of rotatable bonds is 4. The first-order valence-electron chi connectivity index (χ1n) is 8.51. The lowest BCUT2D eigenvalue weighted by Crippen LogP contribution is -2.48. The van der Waals surface area contributed by atoms with Crippen LogP contribution in [0.15, 0.2) is 24.4 Å². The average Bonchev–Trinajstić information content (AvgIpc) is 3.14. The standard InChI is InChI=1S/C17H20N6O3/c1-12(24)22-4-6-23(7-5-22)17-20-16(10-19-21-17)18-9-13-2-3-14-15(8-13)26-11-25-14/h2-3,8,10H,4-7,9,11H2,1H3,(H,18,20,21). The van der Waals surface area contributed by atoms with E-state index in [1.807, 2.05) is 28.0 Å². The molecule has 0 aliphatic carbocycles. The highest BCUT2D eigenvalue weighted by atomic mass is 16.7. The van der Waals surface area contributed by atoms with E-state index >= 15 is 0 Å². The van der Waals surface area contributed by atoms with Gasteiger partial charge in [0.15, 0.2) is 17.3 Å². The molecule has 1 amide bonds. The van der Waals surface area contributed by atoms with E-state index in [1.54, 1.807) is 13.1 Å². The van der Waals surface area contributed by atoms with Crippen LogP contribution in [0.2, 0.25) is 0 Å². The highest BCUT2D eigenvalue weighted by Gasteiger charge is 2.21. The zero-order chi connectivity index (χ0) is 17.9. The lowest BCUT2D eigenvalue weighted by Gasteiger charge is -2.33. The zero-order valence-electron chi connectivity index (χ0n) is 14.5. The molecule has 0 radical (unpaired) electrons. The van der Waals surface area contributed by atoms with Crippen LogP contribution in [0, 0.1) is 0 Å². The van der Waals surface area contributed by atoms with E-state index in [4.69, 9.17) is 9.47 Å². The maximum absolute atomic E-state index is 11.4. The van der Waals surface area contributed by atoms with E-state index in [0.717, 1.165) is 17.1 Å². The Hall–Kier alpha value is -3.10. The Labute approximate surface area is 150 Å². The number of carbonyl (C=O) groups is 1. The number of amides is 1. The van der Waals surface area contributed by atoms with Crippen LogP contribution < -0.4 is 19.7 Å². The molecule has 9 nitrogen and oxygen atoms in total. The number of hydrogen-bond donors (Lipinski definition) is 1. The first-order valence-corrected chi connectivity index (χ1v) is 8.51. The van der Waals surface area contributed by atoms with Crippen molar-refractivity contribution in [3.05, 3.63) is 30.0 Å². The van der Waals surface area contributed by atoms with Crippen molar-refractivity contribution >= 4 is 17.7 Å². The molecule has 2 aliphatic heterocycles. The molecule has 1 aromatic carbocycles. The van der Waals surface area contributed by atoms with E-state index in [0.29, 0.717) is 44.5 Å². The summed E-state index contributed by atoms with van der Waals surface area (Å²) in [7, 11) is 0. The predicted molar refractivity (Wildman–Crippen MR) is 94.2 cm³/mol. The smallest absolute Gasteiger partial charge is 0.247 e. The average molecular weight is 356 g/mol. The van der Waals surface area contributed by atoms with Crippen LogP contribution in [0.4, 0.5) is 11.8 Å². The van der Waals surface area contributed by atoms with Crippen LogP contribution in [0.25, 0.3) is 0 Å². The Morgan fingerprint density at radius 1 is 1.19 bits per heavy atom. The molecule has 2 aromatic rings. The van der Waals surface area contributed by atoms with Crippen molar-refractivity contribution in [2.24, 2.45) is 0 Å². The van der Waals surface area contributed by atoms with Gasteiger partial charge in [0.25, 0.3) is 0 Å². The quantitative estimate of drug-likeness (QED) is 0.863. The summed E-state index contributed by atoms with van der Waals surface area (Å²) < 4.78 is 10.7. The molecule has 0 bridgehead atoms. The minimum atomic E-state index is 0.0998. The highest BCUT2D eigenvalue weighted by molar-refractivity contribution is 5.73. The van der Waals surface area contributed by atoms with Crippen LogP contribution in [-0.2, 0) is 11.3 Å². The number of benzene rings is 1. The number of fused-ring (bicyclic) bond motifs is 1. The second-order valence-corrected chi connectivity index (χ2v) is 6.18. The van der Waals surface area contributed by atoms with Crippen LogP contribution in [0.5, 0.6) is 11.5 Å². The van der Waals surface area contributed by atoms with Crippen molar-refractivity contribution in [2.45, 2.75) is 13.5 Å². The normalized spacial score (nSPS) is 15.9. The third-order valence-corrected chi connectivity index (χ3v) is 4.47. The van der Waals surface area contributed by atoms with Crippen LogP contribution >= 0.6 is 0 Å². The lowest BCUT2D eigenvalue weighted by molar-refractivity contribution is -0.129. The van der Waals surface area contributed by atoms with Crippen molar-refractivity contribution in [1.82, 2.24) is 20.1 Å². The number of anilines is 2. The Morgan fingerprint density at radius 3 is 2.81 bits per heavy atom. The first kappa shape index (κ1) is 16.4. The second-order valence-electron chi connectivity index (χ2n) is 6.18. The summed E-state index contributed by atoms with van der Waals surface area (Å²) >= 11 is 0. The summed E-state index contributed by atoms with van der Waals surface area (Å²) in [5.41, 5.74) is 1.06. The fourth-order valence-corrected chi connectivity index (χ4v) is 2.98. The molecule has 0 atom stereocenters. The molecule has 2 aliphatic rings. The molecule has 9 heteroatoms. The Balaban J connectivity index is 1.38. The maximum atomic E-state index is 11.4. The molecule has 0 unspecified atom stereocenters. The third-order valence-electron chi connectivity index (χ3n) is 4.47. The molecule has 0 spiro atoms. The predicted octanol–water partition coefficient (Wildman–Crippen LogP) is 0.881. The summed E-state index contributed by atoms with van der Waals surface area (Å²) in [5, 5.41) is 11.4. The SMILES string of the molecule is CC(=O)N1CCN(c2nncc(NCc3ccc4c(c3)OCO4)n2)CC1. The number of hydrogen-bond acceptors (Lipinski definition) is 8. The summed E-state index contributed by atoms with van der Waals surface area (Å²) in [6.45, 7) is 5.20. The van der Waals surface area contributed by atoms with Gasteiger partial charge < -0.3 is 24.6 Å². The molecular formula is C17H20N6O3. The van der Waals surface area contributed by atoms with Gasteiger partial charge in [0.05, 0.1) is 6.20 Å². The number of carbonyl (C=O) groups excluding carboxylic acids is 1. The fourth-order valence-electron chi connectivity index (χ4n) is 2.98. The Kier molecular flexibility index (Phi) is 4.42. The van der Waals surface area contributed by atoms with Crippen LogP contribution in [0.3, 0.4) is 0 Å². The molecule has 0 saturated carbocycles. The zero-order valence-corrected chi connectivity index (χ0v) is 14.5. The topological polar surface area (TPSA) is 92.7 Å². The first-order chi connectivity index (χ1) is 12.7. The van der Waals surface area contributed by atoms with Gasteiger partial charge in [-0.05, 0) is 17.7 Å². The molecule has 1 N–H and O–H groups in total. The number of piperazine rings is 1. The van der Waals surface area contributed by atoms with Gasteiger partial charge in [-0.2, -0.15) is 10.1 Å². The third kappa shape index (κ3) is 3.46. The van der Waals surface area contributed by atoms with Gasteiger partial charge in [-0.15, -0.1) is 5.10 Å². The summed E-state index contributed by atoms with van der Waals surface area (Å²) in [6, 6.07) is 5.83. The van der Waals surface area contributed by atoms with Gasteiger partial charge in [-0.1, -0.05) is 6.07 Å². The van der Waals surface area contributed by atoms with E-state index < -0.39 is 0 Å². The van der Waals surface area contributed by atoms with Gasteiger partial charge in [0.1, 0.15) is 0 Å². The summed E-state index contributed by atoms with van der Waals surface area (Å²) in [6.07, 6.45) is 1.60. The van der Waals surface area contributed by atoms with E-state index in [1.165, 1.54) is 0 Å². The Morgan fingerprint density at radius 2 is 2.00 bits per heavy atom. The summed E-state index contributed by atoms with van der Waals surface area (Å²) in [4.78, 5) is 19.8. The molecule has 136 valence electrons. The van der Waals surface area contributed by atoms with Gasteiger partial charge in [-0.25, -0.2) is 0 Å². The number of aromatic nitrogens is 3. The van der Waals surface area contributed by atoms with E-state index in [2.05, 4.69) is 20.5 Å². The molecule has 3 heterocycles. The monoisotopic (exact) mass is 356 g/mol. The largest absolute Gasteiger partial charge is 0.454 e. The van der Waals surface area contributed by atoms with Gasteiger partial charge in [0, 0.05) is 39.6 Å². The van der Waals surface area contributed by atoms with E-state index in [9.17, 15) is 4.79 Å². The van der Waals surface area contributed by atoms with Gasteiger partial charge in [-0.3, -0.25) is 4.79 Å². The fraction of sp³-hybridized carbons (Fsp3) is 0.412. The maximum Gasteiger partial charge on any atom is 0.247 e. The molecule has 1 aromatic heterocycles.